The number of hydrogen-bond donors (Lipinski definition) is 1. The molecule has 2 nitrogen and oxygen atoms in total. The van der Waals surface area contributed by atoms with Crippen molar-refractivity contribution in [2.24, 2.45) is 0 Å². The highest BCUT2D eigenvalue weighted by molar-refractivity contribution is 5.79. The summed E-state index contributed by atoms with van der Waals surface area (Å²) in [6, 6.07) is 3.16. The lowest BCUT2D eigenvalue weighted by molar-refractivity contribution is -0.137. The first-order valence-electron chi connectivity index (χ1n) is 4.97. The molecular formula is C11H10F5NO. The number of halogens is 5. The van der Waals surface area contributed by atoms with Crippen LogP contribution in [0.2, 0.25) is 0 Å². The van der Waals surface area contributed by atoms with Crippen LogP contribution in [0.15, 0.2) is 24.3 Å². The Hall–Kier alpha value is -1.66. The Morgan fingerprint density at radius 1 is 1.17 bits per heavy atom. The lowest BCUT2D eigenvalue weighted by Gasteiger charge is -2.15. The van der Waals surface area contributed by atoms with Gasteiger partial charge in [0.25, 0.3) is 5.91 Å². The van der Waals surface area contributed by atoms with Crippen molar-refractivity contribution in [3.63, 3.8) is 0 Å². The van der Waals surface area contributed by atoms with Crippen LogP contribution in [0.5, 0.6) is 0 Å². The van der Waals surface area contributed by atoms with E-state index < -0.39 is 30.1 Å². The van der Waals surface area contributed by atoms with E-state index in [9.17, 15) is 26.7 Å². The second-order valence-electron chi connectivity index (χ2n) is 3.65. The van der Waals surface area contributed by atoms with Crippen molar-refractivity contribution in [2.75, 3.05) is 0 Å². The molecule has 0 aliphatic carbocycles. The minimum Gasteiger partial charge on any atom is -0.345 e. The van der Waals surface area contributed by atoms with E-state index in [1.165, 1.54) is 6.92 Å². The molecule has 0 saturated carbocycles. The van der Waals surface area contributed by atoms with Gasteiger partial charge in [-0.3, -0.25) is 4.79 Å². The molecule has 0 aromatic heterocycles. The fourth-order valence-corrected chi connectivity index (χ4v) is 1.32. The van der Waals surface area contributed by atoms with Gasteiger partial charge in [0.1, 0.15) is 0 Å². The third-order valence-electron chi connectivity index (χ3n) is 2.29. The average molecular weight is 267 g/mol. The SMILES string of the molecule is CC(NC(=O)C(F)F)c1ccc(C(F)(F)F)cc1. The van der Waals surface area contributed by atoms with Crippen LogP contribution in [0.4, 0.5) is 22.0 Å². The summed E-state index contributed by atoms with van der Waals surface area (Å²) >= 11 is 0. The first kappa shape index (κ1) is 14.4. The molecule has 0 aliphatic rings. The monoisotopic (exact) mass is 267 g/mol. The van der Waals surface area contributed by atoms with E-state index in [0.717, 1.165) is 24.3 Å². The number of alkyl halides is 5. The van der Waals surface area contributed by atoms with E-state index in [1.807, 2.05) is 5.32 Å². The molecule has 18 heavy (non-hydrogen) atoms. The molecule has 0 saturated heterocycles. The molecule has 1 aromatic rings. The van der Waals surface area contributed by atoms with Gasteiger partial charge in [-0.2, -0.15) is 22.0 Å². The standard InChI is InChI=1S/C11H10F5NO/c1-6(17-10(18)9(12)13)7-2-4-8(5-3-7)11(14,15)16/h2-6,9H,1H3,(H,17,18). The molecule has 1 unspecified atom stereocenters. The fraction of sp³-hybridized carbons (Fsp3) is 0.364. The minimum atomic E-state index is -4.45. The summed E-state index contributed by atoms with van der Waals surface area (Å²) in [4.78, 5) is 10.7. The van der Waals surface area contributed by atoms with Gasteiger partial charge in [-0.15, -0.1) is 0 Å². The van der Waals surface area contributed by atoms with Crippen LogP contribution in [0.3, 0.4) is 0 Å². The molecule has 1 N–H and O–H groups in total. The largest absolute Gasteiger partial charge is 0.416 e. The Kier molecular flexibility index (Phi) is 4.26. The van der Waals surface area contributed by atoms with Gasteiger partial charge in [0.2, 0.25) is 0 Å². The predicted octanol–water partition coefficient (Wildman–Crippen LogP) is 3.15. The lowest BCUT2D eigenvalue weighted by atomic mass is 10.1. The Morgan fingerprint density at radius 2 is 1.67 bits per heavy atom. The molecule has 1 amide bonds. The molecule has 0 spiro atoms. The summed E-state index contributed by atoms with van der Waals surface area (Å²) in [5, 5.41) is 1.98. The number of benzene rings is 1. The number of nitrogens with one attached hydrogen (secondary N) is 1. The van der Waals surface area contributed by atoms with Gasteiger partial charge in [-0.25, -0.2) is 0 Å². The van der Waals surface area contributed by atoms with Gasteiger partial charge >= 0.3 is 12.6 Å². The highest BCUT2D eigenvalue weighted by Crippen LogP contribution is 2.29. The van der Waals surface area contributed by atoms with Crippen molar-refractivity contribution in [3.8, 4) is 0 Å². The van der Waals surface area contributed by atoms with Crippen LogP contribution in [0, 0.1) is 0 Å². The van der Waals surface area contributed by atoms with Crippen molar-refractivity contribution in [1.82, 2.24) is 5.32 Å². The van der Waals surface area contributed by atoms with Gasteiger partial charge in [0.15, 0.2) is 0 Å². The Balaban J connectivity index is 2.76. The first-order chi connectivity index (χ1) is 8.21. The number of amides is 1. The van der Waals surface area contributed by atoms with Crippen LogP contribution >= 0.6 is 0 Å². The van der Waals surface area contributed by atoms with Gasteiger partial charge in [0, 0.05) is 0 Å². The smallest absolute Gasteiger partial charge is 0.345 e. The Labute approximate surface area is 99.8 Å². The maximum Gasteiger partial charge on any atom is 0.416 e. The van der Waals surface area contributed by atoms with Crippen LogP contribution in [0.1, 0.15) is 24.1 Å². The maximum atomic E-state index is 12.3. The maximum absolute atomic E-state index is 12.3. The number of carbonyl (C=O) groups is 1. The number of rotatable bonds is 3. The zero-order valence-electron chi connectivity index (χ0n) is 9.26. The highest BCUT2D eigenvalue weighted by atomic mass is 19.4. The van der Waals surface area contributed by atoms with Crippen molar-refractivity contribution in [2.45, 2.75) is 25.6 Å². The van der Waals surface area contributed by atoms with E-state index >= 15 is 0 Å². The van der Waals surface area contributed by atoms with Gasteiger partial charge in [0.05, 0.1) is 11.6 Å². The van der Waals surface area contributed by atoms with Crippen LogP contribution in [-0.4, -0.2) is 12.3 Å². The Bertz CT molecular complexity index is 412. The van der Waals surface area contributed by atoms with Crippen molar-refractivity contribution >= 4 is 5.91 Å². The summed E-state index contributed by atoms with van der Waals surface area (Å²) in [6.45, 7) is 1.41. The fourth-order valence-electron chi connectivity index (χ4n) is 1.32. The molecule has 0 bridgehead atoms. The number of carbonyl (C=O) groups excluding carboxylic acids is 1. The van der Waals surface area contributed by atoms with E-state index in [4.69, 9.17) is 0 Å². The first-order valence-corrected chi connectivity index (χ1v) is 4.97. The summed E-state index contributed by atoms with van der Waals surface area (Å²) in [5.41, 5.74) is -0.518. The second-order valence-corrected chi connectivity index (χ2v) is 3.65. The molecule has 1 rings (SSSR count). The average Bonchev–Trinajstić information content (AvgIpc) is 2.27. The van der Waals surface area contributed by atoms with Gasteiger partial charge in [-0.05, 0) is 24.6 Å². The van der Waals surface area contributed by atoms with Crippen LogP contribution in [0.25, 0.3) is 0 Å². The molecule has 100 valence electrons. The third-order valence-corrected chi connectivity index (χ3v) is 2.29. The summed E-state index contributed by atoms with van der Waals surface area (Å²) in [5.74, 6) is -1.46. The molecule has 1 aromatic carbocycles. The van der Waals surface area contributed by atoms with Crippen LogP contribution in [-0.2, 0) is 11.0 Å². The molecule has 0 heterocycles. The lowest BCUT2D eigenvalue weighted by Crippen LogP contribution is -2.31. The van der Waals surface area contributed by atoms with Crippen molar-refractivity contribution < 1.29 is 26.7 Å². The zero-order valence-corrected chi connectivity index (χ0v) is 9.26. The molecular weight excluding hydrogens is 257 g/mol. The molecule has 0 radical (unpaired) electrons. The van der Waals surface area contributed by atoms with Gasteiger partial charge in [-0.1, -0.05) is 12.1 Å². The van der Waals surface area contributed by atoms with E-state index in [2.05, 4.69) is 0 Å². The molecule has 7 heteroatoms. The van der Waals surface area contributed by atoms with E-state index in [0.29, 0.717) is 5.56 Å². The Morgan fingerprint density at radius 3 is 2.06 bits per heavy atom. The van der Waals surface area contributed by atoms with Crippen molar-refractivity contribution in [3.05, 3.63) is 35.4 Å². The van der Waals surface area contributed by atoms with Crippen molar-refractivity contribution in [1.29, 1.82) is 0 Å². The second kappa shape index (κ2) is 5.32. The predicted molar refractivity (Wildman–Crippen MR) is 54.0 cm³/mol. The quantitative estimate of drug-likeness (QED) is 0.837. The number of hydrogen-bond acceptors (Lipinski definition) is 1. The molecule has 0 aliphatic heterocycles. The summed E-state index contributed by atoms with van der Waals surface area (Å²) in [6.07, 6.45) is -7.60. The topological polar surface area (TPSA) is 29.1 Å². The molecule has 0 fully saturated rings. The normalized spacial score (nSPS) is 13.5. The van der Waals surface area contributed by atoms with E-state index in [1.54, 1.807) is 0 Å². The van der Waals surface area contributed by atoms with Crippen LogP contribution < -0.4 is 5.32 Å². The van der Waals surface area contributed by atoms with Gasteiger partial charge < -0.3 is 5.32 Å². The molecule has 1 atom stereocenters. The third kappa shape index (κ3) is 3.68. The minimum absolute atomic E-state index is 0.317. The zero-order chi connectivity index (χ0) is 13.9. The summed E-state index contributed by atoms with van der Waals surface area (Å²) in [7, 11) is 0. The van der Waals surface area contributed by atoms with E-state index in [-0.39, 0.29) is 0 Å². The highest BCUT2D eigenvalue weighted by Gasteiger charge is 2.30. The summed E-state index contributed by atoms with van der Waals surface area (Å²) < 4.78 is 60.7.